The molecule has 0 saturated heterocycles. The molecule has 3 aromatic carbocycles. The monoisotopic (exact) mass is 492 g/mol. The van der Waals surface area contributed by atoms with Crippen LogP contribution in [0.4, 0.5) is 5.69 Å². The summed E-state index contributed by atoms with van der Waals surface area (Å²) in [6.45, 7) is 0.0990. The highest BCUT2D eigenvalue weighted by Crippen LogP contribution is 2.34. The van der Waals surface area contributed by atoms with E-state index in [1.165, 1.54) is 18.2 Å². The molecule has 0 saturated carbocycles. The van der Waals surface area contributed by atoms with Crippen molar-refractivity contribution < 1.29 is 22.7 Å². The maximum Gasteiger partial charge on any atom is 0.244 e. The fraction of sp³-hybridized carbons (Fsp3) is 0.136. The molecule has 1 amide bonds. The van der Waals surface area contributed by atoms with Gasteiger partial charge in [-0.25, -0.2) is 8.42 Å². The minimum absolute atomic E-state index is 0.0420. The van der Waals surface area contributed by atoms with Gasteiger partial charge in [-0.1, -0.05) is 59.6 Å². The average molecular weight is 493 g/mol. The minimum atomic E-state index is -4.21. The Hall–Kier alpha value is -2.78. The van der Waals surface area contributed by atoms with Gasteiger partial charge >= 0.3 is 0 Å². The van der Waals surface area contributed by atoms with E-state index >= 15 is 0 Å². The van der Waals surface area contributed by atoms with E-state index in [9.17, 15) is 13.2 Å². The largest absolute Gasteiger partial charge is 0.454 e. The molecule has 1 heterocycles. The van der Waals surface area contributed by atoms with Crippen LogP contribution in [0.3, 0.4) is 0 Å². The summed E-state index contributed by atoms with van der Waals surface area (Å²) in [5.74, 6) is 0.503. The molecule has 10 heteroatoms. The third-order valence-electron chi connectivity index (χ3n) is 4.72. The minimum Gasteiger partial charge on any atom is -0.454 e. The predicted molar refractivity (Wildman–Crippen MR) is 122 cm³/mol. The summed E-state index contributed by atoms with van der Waals surface area (Å²) < 4.78 is 39.2. The second kappa shape index (κ2) is 9.38. The molecule has 3 aromatic rings. The third kappa shape index (κ3) is 4.99. The van der Waals surface area contributed by atoms with Crippen LogP contribution in [0.1, 0.15) is 5.56 Å². The van der Waals surface area contributed by atoms with Gasteiger partial charge in [-0.3, -0.25) is 4.79 Å². The maximum absolute atomic E-state index is 13.1. The smallest absolute Gasteiger partial charge is 0.244 e. The van der Waals surface area contributed by atoms with Gasteiger partial charge in [0.2, 0.25) is 22.7 Å². The van der Waals surface area contributed by atoms with Crippen molar-refractivity contribution >= 4 is 44.8 Å². The number of rotatable bonds is 7. The van der Waals surface area contributed by atoms with E-state index in [1.807, 2.05) is 18.2 Å². The Morgan fingerprint density at radius 3 is 2.34 bits per heavy atom. The number of fused-ring (bicyclic) bond motifs is 1. The molecule has 0 aliphatic carbocycles. The van der Waals surface area contributed by atoms with Crippen molar-refractivity contribution in [3.63, 3.8) is 0 Å². The number of carbonyl (C=O) groups excluding carboxylic acids is 1. The topological polar surface area (TPSA) is 93.7 Å². The molecule has 2 N–H and O–H groups in total. The normalized spacial score (nSPS) is 13.6. The Morgan fingerprint density at radius 1 is 0.938 bits per heavy atom. The summed E-state index contributed by atoms with van der Waals surface area (Å²) in [6.07, 6.45) is 0.110. The number of halogens is 2. The molecule has 0 spiro atoms. The molecule has 0 aromatic heterocycles. The van der Waals surface area contributed by atoms with Crippen LogP contribution in [0.25, 0.3) is 0 Å². The van der Waals surface area contributed by atoms with E-state index in [4.69, 9.17) is 32.7 Å². The SMILES string of the molecule is O=C(Nc1ccc2c(c1)OCO2)C(Cc1ccccc1)NS(=O)(=O)c1c(Cl)cccc1Cl. The van der Waals surface area contributed by atoms with Gasteiger partial charge in [0, 0.05) is 11.8 Å². The van der Waals surface area contributed by atoms with Gasteiger partial charge < -0.3 is 14.8 Å². The second-order valence-corrected chi connectivity index (χ2v) is 9.44. The summed E-state index contributed by atoms with van der Waals surface area (Å²) in [5, 5.41) is 2.64. The van der Waals surface area contributed by atoms with E-state index < -0.39 is 22.0 Å². The number of ether oxygens (including phenoxy) is 2. The van der Waals surface area contributed by atoms with Crippen LogP contribution < -0.4 is 19.5 Å². The zero-order valence-electron chi connectivity index (χ0n) is 16.5. The quantitative estimate of drug-likeness (QED) is 0.514. The second-order valence-electron chi connectivity index (χ2n) is 6.97. The number of benzene rings is 3. The number of hydrogen-bond acceptors (Lipinski definition) is 5. The first-order valence-corrected chi connectivity index (χ1v) is 11.8. The standard InChI is InChI=1S/C22H18Cl2N2O5S/c23-16-7-4-8-17(24)21(16)32(28,29)26-18(11-14-5-2-1-3-6-14)22(27)25-15-9-10-19-20(12-15)31-13-30-19/h1-10,12,18,26H,11,13H2,(H,25,27). The van der Waals surface area contributed by atoms with Crippen LogP contribution in [0.15, 0.2) is 71.6 Å². The number of hydrogen-bond donors (Lipinski definition) is 2. The number of amides is 1. The third-order valence-corrected chi connectivity index (χ3v) is 7.15. The van der Waals surface area contributed by atoms with Gasteiger partial charge in [0.1, 0.15) is 10.9 Å². The van der Waals surface area contributed by atoms with Crippen molar-refractivity contribution in [2.24, 2.45) is 0 Å². The molecule has 166 valence electrons. The highest BCUT2D eigenvalue weighted by molar-refractivity contribution is 7.89. The molecule has 1 unspecified atom stereocenters. The lowest BCUT2D eigenvalue weighted by atomic mass is 10.1. The predicted octanol–water partition coefficient (Wildman–Crippen LogP) is 4.25. The summed E-state index contributed by atoms with van der Waals surface area (Å²) in [4.78, 5) is 12.8. The Kier molecular flexibility index (Phi) is 6.57. The van der Waals surface area contributed by atoms with E-state index in [0.717, 1.165) is 5.56 Å². The molecule has 32 heavy (non-hydrogen) atoms. The van der Waals surface area contributed by atoms with Crippen LogP contribution in [-0.2, 0) is 21.2 Å². The first-order valence-electron chi connectivity index (χ1n) is 9.54. The first-order chi connectivity index (χ1) is 15.3. The summed E-state index contributed by atoms with van der Waals surface area (Å²) >= 11 is 12.2. The van der Waals surface area contributed by atoms with Crippen molar-refractivity contribution in [1.82, 2.24) is 4.72 Å². The van der Waals surface area contributed by atoms with Crippen LogP contribution in [-0.4, -0.2) is 27.2 Å². The van der Waals surface area contributed by atoms with Gasteiger partial charge in [-0.05, 0) is 36.2 Å². The zero-order chi connectivity index (χ0) is 22.7. The molecule has 7 nitrogen and oxygen atoms in total. The lowest BCUT2D eigenvalue weighted by molar-refractivity contribution is -0.117. The summed E-state index contributed by atoms with van der Waals surface area (Å²) in [7, 11) is -4.21. The highest BCUT2D eigenvalue weighted by Gasteiger charge is 2.29. The lowest BCUT2D eigenvalue weighted by Gasteiger charge is -2.20. The molecular formula is C22H18Cl2N2O5S. The lowest BCUT2D eigenvalue weighted by Crippen LogP contribution is -2.45. The Bertz CT molecular complexity index is 1230. The van der Waals surface area contributed by atoms with Gasteiger partial charge in [0.15, 0.2) is 11.5 Å². The van der Waals surface area contributed by atoms with Gasteiger partial charge in [-0.15, -0.1) is 0 Å². The van der Waals surface area contributed by atoms with Gasteiger partial charge in [0.25, 0.3) is 0 Å². The molecule has 4 rings (SSSR count). The molecule has 0 fully saturated rings. The Morgan fingerprint density at radius 2 is 1.62 bits per heavy atom. The fourth-order valence-electron chi connectivity index (χ4n) is 3.23. The summed E-state index contributed by atoms with van der Waals surface area (Å²) in [6, 6.07) is 17.2. The van der Waals surface area contributed by atoms with Crippen LogP contribution >= 0.6 is 23.2 Å². The van der Waals surface area contributed by atoms with E-state index in [2.05, 4.69) is 10.0 Å². The van der Waals surface area contributed by atoms with E-state index in [0.29, 0.717) is 17.2 Å². The van der Waals surface area contributed by atoms with Gasteiger partial charge in [0.05, 0.1) is 10.0 Å². The highest BCUT2D eigenvalue weighted by atomic mass is 35.5. The average Bonchev–Trinajstić information content (AvgIpc) is 3.21. The van der Waals surface area contributed by atoms with Crippen molar-refractivity contribution in [1.29, 1.82) is 0 Å². The zero-order valence-corrected chi connectivity index (χ0v) is 18.9. The molecule has 1 aliphatic heterocycles. The van der Waals surface area contributed by atoms with Crippen LogP contribution in [0.2, 0.25) is 10.0 Å². The van der Waals surface area contributed by atoms with E-state index in [1.54, 1.807) is 30.3 Å². The summed E-state index contributed by atoms with van der Waals surface area (Å²) in [5.41, 5.74) is 1.21. The van der Waals surface area contributed by atoms with Crippen LogP contribution in [0.5, 0.6) is 11.5 Å². The fourth-order valence-corrected chi connectivity index (χ4v) is 5.57. The number of sulfonamides is 1. The van der Waals surface area contributed by atoms with Crippen molar-refractivity contribution in [3.05, 3.63) is 82.3 Å². The first kappa shape index (κ1) is 22.4. The number of carbonyl (C=O) groups is 1. The molecule has 1 atom stereocenters. The number of anilines is 1. The molecular weight excluding hydrogens is 475 g/mol. The van der Waals surface area contributed by atoms with Gasteiger partial charge in [-0.2, -0.15) is 4.72 Å². The Balaban J connectivity index is 1.61. The van der Waals surface area contributed by atoms with Crippen LogP contribution in [0, 0.1) is 0 Å². The van der Waals surface area contributed by atoms with Crippen molar-refractivity contribution in [2.75, 3.05) is 12.1 Å². The molecule has 0 bridgehead atoms. The Labute approximate surface area is 195 Å². The van der Waals surface area contributed by atoms with E-state index in [-0.39, 0.29) is 28.2 Å². The van der Waals surface area contributed by atoms with Crippen molar-refractivity contribution in [2.45, 2.75) is 17.4 Å². The maximum atomic E-state index is 13.1. The molecule has 1 aliphatic rings. The number of nitrogens with one attached hydrogen (secondary N) is 2. The molecule has 0 radical (unpaired) electrons. The van der Waals surface area contributed by atoms with Crippen molar-refractivity contribution in [3.8, 4) is 11.5 Å².